The molecule has 2 saturated heterocycles. The van der Waals surface area contributed by atoms with Crippen LogP contribution >= 0.6 is 0 Å². The van der Waals surface area contributed by atoms with Crippen LogP contribution in [-0.4, -0.2) is 140 Å². The molecule has 0 spiro atoms. The summed E-state index contributed by atoms with van der Waals surface area (Å²) in [6.45, 7) is 16.3. The van der Waals surface area contributed by atoms with Crippen LogP contribution < -0.4 is 10.6 Å². The van der Waals surface area contributed by atoms with Crippen LogP contribution in [0.3, 0.4) is 0 Å². The fourth-order valence-electron chi connectivity index (χ4n) is 10.4. The zero-order chi connectivity index (χ0) is 38.7. The van der Waals surface area contributed by atoms with Gasteiger partial charge in [0.25, 0.3) is 0 Å². The van der Waals surface area contributed by atoms with Gasteiger partial charge in [-0.15, -0.1) is 6.58 Å². The maximum atomic E-state index is 13.7. The minimum Gasteiger partial charge on any atom is -0.458 e. The lowest BCUT2D eigenvalue weighted by atomic mass is 9.44. The van der Waals surface area contributed by atoms with Crippen molar-refractivity contribution in [2.75, 3.05) is 63.9 Å². The molecule has 2 bridgehead atoms. The van der Waals surface area contributed by atoms with E-state index in [1.807, 2.05) is 42.1 Å². The topological polar surface area (TPSA) is 189 Å². The number of imidazole rings is 1. The molecule has 15 nitrogen and oxygen atoms in total. The van der Waals surface area contributed by atoms with E-state index in [0.717, 1.165) is 5.82 Å². The van der Waals surface area contributed by atoms with Crippen LogP contribution in [-0.2, 0) is 30.4 Å². The van der Waals surface area contributed by atoms with Crippen LogP contribution in [0.4, 0.5) is 5.82 Å². The van der Waals surface area contributed by atoms with Crippen molar-refractivity contribution in [1.29, 1.82) is 0 Å². The summed E-state index contributed by atoms with van der Waals surface area (Å²) in [5, 5.41) is 23.3. The van der Waals surface area contributed by atoms with Crippen molar-refractivity contribution in [2.24, 2.45) is 27.9 Å². The molecule has 2 aromatic rings. The minimum atomic E-state index is -1.09. The number of carbonyl (C=O) groups excluding carboxylic acids is 3. The zero-order valence-electron chi connectivity index (χ0n) is 32.3. The molecule has 5 aliphatic rings. The molecule has 4 N–H and O–H groups in total. The van der Waals surface area contributed by atoms with E-state index in [1.54, 1.807) is 12.4 Å². The summed E-state index contributed by atoms with van der Waals surface area (Å²) in [5.41, 5.74) is 3.52. The quantitative estimate of drug-likeness (QED) is 0.248. The van der Waals surface area contributed by atoms with Crippen molar-refractivity contribution in [2.45, 2.75) is 103 Å². The van der Waals surface area contributed by atoms with Crippen LogP contribution in [0.5, 0.6) is 0 Å². The number of aliphatic hydroxyl groups is 2. The number of ether oxygens (including phenoxy) is 2. The minimum absolute atomic E-state index is 0.0162. The smallest absolute Gasteiger partial charge is 0.320 e. The third-order valence-corrected chi connectivity index (χ3v) is 14.2. The maximum Gasteiger partial charge on any atom is 0.320 e. The number of nitrogens with two attached hydrogens (primary N) is 1. The van der Waals surface area contributed by atoms with Gasteiger partial charge in [-0.05, 0) is 51.4 Å². The largest absolute Gasteiger partial charge is 0.458 e. The molecule has 7 rings (SSSR count). The van der Waals surface area contributed by atoms with Crippen molar-refractivity contribution < 1.29 is 34.1 Å². The fourth-order valence-corrected chi connectivity index (χ4v) is 10.4. The Morgan fingerprint density at radius 2 is 1.80 bits per heavy atom. The SMILES string of the molecule is C=CC1(C)CC(O)C2(C)C3C(=O)CCC3(CCC2(C)OC(=O)CN2CCN(C(=O)CCn3cnc4c(N5CCOC(C)(CN)C5)ncnc43)CC2)CC1O. The van der Waals surface area contributed by atoms with Gasteiger partial charge >= 0.3 is 5.97 Å². The molecule has 8 unspecified atom stereocenters. The molecule has 3 aliphatic carbocycles. The summed E-state index contributed by atoms with van der Waals surface area (Å²) in [6.07, 6.45) is 6.35. The van der Waals surface area contributed by atoms with Crippen LogP contribution in [0.2, 0.25) is 0 Å². The molecule has 296 valence electrons. The normalized spacial score (nSPS) is 37.5. The molecule has 5 fully saturated rings. The monoisotopic (exact) mass is 750 g/mol. The lowest BCUT2D eigenvalue weighted by Gasteiger charge is -2.62. The number of Topliss-reactive ketones (excluding diaryl/α,β-unsaturated/α-hetero) is 1. The highest BCUT2D eigenvalue weighted by Crippen LogP contribution is 2.67. The third-order valence-electron chi connectivity index (χ3n) is 14.2. The Morgan fingerprint density at radius 3 is 2.52 bits per heavy atom. The summed E-state index contributed by atoms with van der Waals surface area (Å²) in [7, 11) is 0. The number of aryl methyl sites for hydroxylation is 1. The van der Waals surface area contributed by atoms with E-state index in [9.17, 15) is 24.6 Å². The predicted molar refractivity (Wildman–Crippen MR) is 200 cm³/mol. The van der Waals surface area contributed by atoms with Gasteiger partial charge in [-0.25, -0.2) is 15.0 Å². The summed E-state index contributed by atoms with van der Waals surface area (Å²) in [6, 6.07) is 0. The average Bonchev–Trinajstić information content (AvgIpc) is 3.72. The lowest BCUT2D eigenvalue weighted by molar-refractivity contribution is -0.243. The first-order valence-electron chi connectivity index (χ1n) is 19.6. The number of morpholine rings is 1. The van der Waals surface area contributed by atoms with E-state index in [0.29, 0.717) is 102 Å². The van der Waals surface area contributed by atoms with Crippen LogP contribution in [0.15, 0.2) is 25.3 Å². The summed E-state index contributed by atoms with van der Waals surface area (Å²) in [4.78, 5) is 60.2. The van der Waals surface area contributed by atoms with Gasteiger partial charge in [-0.1, -0.05) is 19.9 Å². The van der Waals surface area contributed by atoms with Crippen molar-refractivity contribution in [1.82, 2.24) is 29.3 Å². The van der Waals surface area contributed by atoms with Gasteiger partial charge in [0.05, 0.1) is 37.3 Å². The van der Waals surface area contributed by atoms with Gasteiger partial charge in [0, 0.05) is 81.9 Å². The number of nitrogens with zero attached hydrogens (tertiary/aromatic N) is 7. The molecular formula is C39H58N8O7. The van der Waals surface area contributed by atoms with Crippen LogP contribution in [0.1, 0.15) is 72.6 Å². The molecule has 15 heteroatoms. The van der Waals surface area contributed by atoms with E-state index >= 15 is 0 Å². The predicted octanol–water partition coefficient (Wildman–Crippen LogP) is 1.69. The van der Waals surface area contributed by atoms with Crippen molar-refractivity contribution in [3.63, 3.8) is 0 Å². The van der Waals surface area contributed by atoms with Gasteiger partial charge < -0.3 is 39.8 Å². The molecule has 0 aromatic carbocycles. The summed E-state index contributed by atoms with van der Waals surface area (Å²) >= 11 is 0. The van der Waals surface area contributed by atoms with Crippen LogP contribution in [0.25, 0.3) is 11.2 Å². The number of aliphatic hydroxyl groups excluding tert-OH is 2. The van der Waals surface area contributed by atoms with Crippen LogP contribution in [0, 0.1) is 22.2 Å². The number of rotatable bonds is 9. The third kappa shape index (κ3) is 6.53. The highest BCUT2D eigenvalue weighted by Gasteiger charge is 2.70. The second-order valence-corrected chi connectivity index (χ2v) is 17.5. The number of anilines is 1. The van der Waals surface area contributed by atoms with Gasteiger partial charge in [-0.3, -0.25) is 19.3 Å². The molecule has 2 aromatic heterocycles. The first-order valence-corrected chi connectivity index (χ1v) is 19.6. The molecule has 2 aliphatic heterocycles. The number of hydrogen-bond acceptors (Lipinski definition) is 13. The van der Waals surface area contributed by atoms with E-state index < -0.39 is 51.5 Å². The number of fused-ring (bicyclic) bond motifs is 1. The summed E-state index contributed by atoms with van der Waals surface area (Å²) < 4.78 is 14.2. The second kappa shape index (κ2) is 14.2. The van der Waals surface area contributed by atoms with Crippen molar-refractivity contribution >= 4 is 34.6 Å². The standard InChI is InChI=1S/C39H58N8O7/c1-6-35(2)19-28(50)38(5)32-26(48)7-9-39(32,20-27(35)49)11-10-37(38,4)54-30(52)21-44-13-15-45(16-14-44)29(51)8-12-47-25-43-31-33(41-24-42-34(31)47)46-17-18-53-36(3,22-40)23-46/h6,24-25,27-28,32,49-50H,1,7-23,40H2,2-5H3. The number of carbonyl (C=O) groups is 3. The average molecular weight is 751 g/mol. The molecule has 54 heavy (non-hydrogen) atoms. The molecule has 1 amide bonds. The Morgan fingerprint density at radius 1 is 1.04 bits per heavy atom. The van der Waals surface area contributed by atoms with Gasteiger partial charge in [-0.2, -0.15) is 0 Å². The van der Waals surface area contributed by atoms with E-state index in [4.69, 9.17) is 15.2 Å². The number of piperazine rings is 1. The number of hydrogen-bond donors (Lipinski definition) is 3. The Balaban J connectivity index is 0.950. The Labute approximate surface area is 317 Å². The molecule has 4 heterocycles. The Hall–Kier alpha value is -3.50. The zero-order valence-corrected chi connectivity index (χ0v) is 32.3. The van der Waals surface area contributed by atoms with Crippen molar-refractivity contribution in [3.8, 4) is 0 Å². The van der Waals surface area contributed by atoms with Crippen molar-refractivity contribution in [3.05, 3.63) is 25.3 Å². The Bertz CT molecular complexity index is 1780. The van der Waals surface area contributed by atoms with Gasteiger partial charge in [0.15, 0.2) is 17.0 Å². The first kappa shape index (κ1) is 38.8. The lowest BCUT2D eigenvalue weighted by Crippen LogP contribution is -2.67. The fraction of sp³-hybridized carbons (Fsp3) is 0.744. The number of ketones is 1. The number of amides is 1. The molecule has 8 atom stereocenters. The highest BCUT2D eigenvalue weighted by molar-refractivity contribution is 5.86. The summed E-state index contributed by atoms with van der Waals surface area (Å²) in [5.74, 6) is -0.0996. The molecular weight excluding hydrogens is 692 g/mol. The maximum absolute atomic E-state index is 13.7. The molecule has 3 saturated carbocycles. The second-order valence-electron chi connectivity index (χ2n) is 17.5. The number of esters is 1. The Kier molecular flexibility index (Phi) is 10.2. The van der Waals surface area contributed by atoms with E-state index in [2.05, 4.69) is 26.4 Å². The highest BCUT2D eigenvalue weighted by atomic mass is 16.6. The molecule has 0 radical (unpaired) electrons. The number of aromatic nitrogens is 4. The van der Waals surface area contributed by atoms with Gasteiger partial charge in [0.1, 0.15) is 17.7 Å². The van der Waals surface area contributed by atoms with E-state index in [-0.39, 0.29) is 31.1 Å². The van der Waals surface area contributed by atoms with E-state index in [1.165, 1.54) is 6.33 Å². The van der Waals surface area contributed by atoms with Gasteiger partial charge in [0.2, 0.25) is 5.91 Å². The first-order chi connectivity index (χ1) is 25.6.